The summed E-state index contributed by atoms with van der Waals surface area (Å²) in [6.45, 7) is 4.41. The molecule has 0 radical (unpaired) electrons. The van der Waals surface area contributed by atoms with E-state index in [1.54, 1.807) is 49.1 Å². The lowest BCUT2D eigenvalue weighted by Crippen LogP contribution is -2.55. The standard InChI is InChI=1S/C23H21ClN4O5/c1-13-12-26(8-9-27(13)23(30)31)22(29)16-6-7-18-19(11-16)25-21(14(2)20(18)24)15-4-3-5-17(10-15)28(32)33/h3-7,10-11,13H,8-9,12H2,1-2H3,(H,30,31)/t13-/m1/s1. The molecular formula is C23H21ClN4O5. The summed E-state index contributed by atoms with van der Waals surface area (Å²) in [6.07, 6.45) is -0.997. The summed E-state index contributed by atoms with van der Waals surface area (Å²) in [5.41, 5.74) is 2.60. The molecule has 2 amide bonds. The molecule has 1 N–H and O–H groups in total. The number of nitro benzene ring substituents is 1. The van der Waals surface area contributed by atoms with Gasteiger partial charge < -0.3 is 14.9 Å². The molecule has 10 heteroatoms. The van der Waals surface area contributed by atoms with Crippen LogP contribution in [-0.2, 0) is 0 Å². The molecule has 0 spiro atoms. The molecule has 0 unspecified atom stereocenters. The first-order valence-corrected chi connectivity index (χ1v) is 10.7. The monoisotopic (exact) mass is 468 g/mol. The van der Waals surface area contributed by atoms with Crippen molar-refractivity contribution in [3.8, 4) is 11.3 Å². The molecule has 3 aromatic rings. The normalized spacial score (nSPS) is 16.2. The fourth-order valence-corrected chi connectivity index (χ4v) is 4.36. The fourth-order valence-electron chi connectivity index (χ4n) is 4.11. The first kappa shape index (κ1) is 22.5. The Hall–Kier alpha value is -3.72. The number of hydrogen-bond donors (Lipinski definition) is 1. The van der Waals surface area contributed by atoms with E-state index in [1.165, 1.54) is 17.0 Å². The van der Waals surface area contributed by atoms with Gasteiger partial charge in [0.2, 0.25) is 0 Å². The van der Waals surface area contributed by atoms with Crippen LogP contribution in [0.1, 0.15) is 22.8 Å². The Morgan fingerprint density at radius 3 is 2.64 bits per heavy atom. The van der Waals surface area contributed by atoms with Crippen LogP contribution in [0.4, 0.5) is 10.5 Å². The number of carbonyl (C=O) groups excluding carboxylic acids is 1. The van der Waals surface area contributed by atoms with Gasteiger partial charge >= 0.3 is 6.09 Å². The summed E-state index contributed by atoms with van der Waals surface area (Å²) in [7, 11) is 0. The van der Waals surface area contributed by atoms with Crippen LogP contribution in [0.2, 0.25) is 5.02 Å². The van der Waals surface area contributed by atoms with Gasteiger partial charge in [-0.1, -0.05) is 29.8 Å². The molecule has 1 aliphatic heterocycles. The second kappa shape index (κ2) is 8.67. The van der Waals surface area contributed by atoms with E-state index in [-0.39, 0.29) is 24.2 Å². The second-order valence-electron chi connectivity index (χ2n) is 8.01. The molecule has 1 atom stereocenters. The molecule has 1 aromatic heterocycles. The molecule has 1 aliphatic rings. The van der Waals surface area contributed by atoms with E-state index < -0.39 is 11.0 Å². The van der Waals surface area contributed by atoms with E-state index in [1.807, 2.05) is 0 Å². The number of pyridine rings is 1. The molecule has 2 aromatic carbocycles. The Labute approximate surface area is 194 Å². The van der Waals surface area contributed by atoms with E-state index in [0.29, 0.717) is 51.4 Å². The van der Waals surface area contributed by atoms with Gasteiger partial charge in [0.25, 0.3) is 11.6 Å². The number of hydrogen-bond acceptors (Lipinski definition) is 5. The van der Waals surface area contributed by atoms with Crippen molar-refractivity contribution in [3.63, 3.8) is 0 Å². The fraction of sp³-hybridized carbons (Fsp3) is 0.261. The van der Waals surface area contributed by atoms with Crippen LogP contribution < -0.4 is 0 Å². The van der Waals surface area contributed by atoms with Gasteiger partial charge in [-0.2, -0.15) is 0 Å². The predicted molar refractivity (Wildman–Crippen MR) is 124 cm³/mol. The maximum atomic E-state index is 13.1. The largest absolute Gasteiger partial charge is 0.465 e. The van der Waals surface area contributed by atoms with Gasteiger partial charge in [-0.25, -0.2) is 9.78 Å². The van der Waals surface area contributed by atoms with Crippen molar-refractivity contribution in [2.24, 2.45) is 0 Å². The van der Waals surface area contributed by atoms with Crippen molar-refractivity contribution in [2.45, 2.75) is 19.9 Å². The minimum absolute atomic E-state index is 0.0523. The molecule has 9 nitrogen and oxygen atoms in total. The number of amides is 2. The maximum absolute atomic E-state index is 13.1. The van der Waals surface area contributed by atoms with Crippen molar-refractivity contribution < 1.29 is 19.6 Å². The highest BCUT2D eigenvalue weighted by atomic mass is 35.5. The Kier molecular flexibility index (Phi) is 5.90. The molecular weight excluding hydrogens is 448 g/mol. The summed E-state index contributed by atoms with van der Waals surface area (Å²) >= 11 is 6.60. The lowest BCUT2D eigenvalue weighted by atomic mass is 10.0. The van der Waals surface area contributed by atoms with Crippen molar-refractivity contribution in [1.82, 2.24) is 14.8 Å². The Morgan fingerprint density at radius 1 is 1.21 bits per heavy atom. The molecule has 0 saturated carbocycles. The number of piperazine rings is 1. The quantitative estimate of drug-likeness (QED) is 0.443. The Balaban J connectivity index is 1.71. The van der Waals surface area contributed by atoms with E-state index in [4.69, 9.17) is 11.6 Å². The number of nitrogens with zero attached hydrogens (tertiary/aromatic N) is 4. The molecule has 2 heterocycles. The first-order chi connectivity index (χ1) is 15.7. The third kappa shape index (κ3) is 4.19. The zero-order valence-corrected chi connectivity index (χ0v) is 18.7. The van der Waals surface area contributed by atoms with Gasteiger partial charge in [0.1, 0.15) is 0 Å². The van der Waals surface area contributed by atoms with Gasteiger partial charge in [0.05, 0.1) is 21.2 Å². The average molecular weight is 469 g/mol. The maximum Gasteiger partial charge on any atom is 0.407 e. The number of benzene rings is 2. The number of halogens is 1. The van der Waals surface area contributed by atoms with Crippen molar-refractivity contribution in [3.05, 3.63) is 68.7 Å². The van der Waals surface area contributed by atoms with Crippen molar-refractivity contribution >= 4 is 40.2 Å². The Bertz CT molecular complexity index is 1300. The highest BCUT2D eigenvalue weighted by molar-refractivity contribution is 6.36. The summed E-state index contributed by atoms with van der Waals surface area (Å²) in [4.78, 5) is 42.7. The lowest BCUT2D eigenvalue weighted by molar-refractivity contribution is -0.384. The molecule has 4 rings (SSSR count). The highest BCUT2D eigenvalue weighted by Crippen LogP contribution is 2.34. The van der Waals surface area contributed by atoms with Crippen LogP contribution in [0.3, 0.4) is 0 Å². The van der Waals surface area contributed by atoms with Gasteiger partial charge in [-0.3, -0.25) is 14.9 Å². The molecule has 0 bridgehead atoms. The van der Waals surface area contributed by atoms with Crippen LogP contribution in [-0.4, -0.2) is 62.5 Å². The highest BCUT2D eigenvalue weighted by Gasteiger charge is 2.30. The number of carboxylic acid groups (broad SMARTS) is 1. The summed E-state index contributed by atoms with van der Waals surface area (Å²) in [5.74, 6) is -0.218. The van der Waals surface area contributed by atoms with Gasteiger partial charge in [0, 0.05) is 54.3 Å². The molecule has 0 aliphatic carbocycles. The number of rotatable bonds is 3. The van der Waals surface area contributed by atoms with Crippen LogP contribution in [0.15, 0.2) is 42.5 Å². The third-order valence-electron chi connectivity index (χ3n) is 5.89. The van der Waals surface area contributed by atoms with Crippen LogP contribution in [0.5, 0.6) is 0 Å². The van der Waals surface area contributed by atoms with Crippen molar-refractivity contribution in [2.75, 3.05) is 19.6 Å². The topological polar surface area (TPSA) is 117 Å². The van der Waals surface area contributed by atoms with E-state index in [9.17, 15) is 24.8 Å². The zero-order chi connectivity index (χ0) is 23.9. The molecule has 170 valence electrons. The summed E-state index contributed by atoms with van der Waals surface area (Å²) < 4.78 is 0. The summed E-state index contributed by atoms with van der Waals surface area (Å²) in [5, 5.41) is 21.6. The van der Waals surface area contributed by atoms with Gasteiger partial charge in [0.15, 0.2) is 0 Å². The minimum Gasteiger partial charge on any atom is -0.465 e. The zero-order valence-electron chi connectivity index (χ0n) is 18.0. The molecule has 33 heavy (non-hydrogen) atoms. The lowest BCUT2D eigenvalue weighted by Gasteiger charge is -2.38. The third-order valence-corrected chi connectivity index (χ3v) is 6.38. The van der Waals surface area contributed by atoms with Crippen LogP contribution in [0.25, 0.3) is 22.2 Å². The number of non-ortho nitro benzene ring substituents is 1. The van der Waals surface area contributed by atoms with Crippen molar-refractivity contribution in [1.29, 1.82) is 0 Å². The van der Waals surface area contributed by atoms with E-state index >= 15 is 0 Å². The number of nitro groups is 1. The first-order valence-electron chi connectivity index (χ1n) is 10.3. The number of fused-ring (bicyclic) bond motifs is 1. The predicted octanol–water partition coefficient (Wildman–Crippen LogP) is 4.60. The number of carbonyl (C=O) groups is 2. The summed E-state index contributed by atoms with van der Waals surface area (Å²) in [6, 6.07) is 10.9. The second-order valence-corrected chi connectivity index (χ2v) is 8.39. The van der Waals surface area contributed by atoms with Crippen LogP contribution >= 0.6 is 11.6 Å². The SMILES string of the molecule is Cc1c(-c2cccc([N+](=O)[O-])c2)nc2cc(C(=O)N3CCN(C(=O)O)[C@H](C)C3)ccc2c1Cl. The minimum atomic E-state index is -0.997. The average Bonchev–Trinajstić information content (AvgIpc) is 2.80. The van der Waals surface area contributed by atoms with Gasteiger partial charge in [-0.05, 0) is 31.5 Å². The van der Waals surface area contributed by atoms with Gasteiger partial charge in [-0.15, -0.1) is 0 Å². The number of aromatic nitrogens is 1. The van der Waals surface area contributed by atoms with Crippen LogP contribution in [0, 0.1) is 17.0 Å². The van der Waals surface area contributed by atoms with E-state index in [0.717, 1.165) is 0 Å². The molecule has 1 saturated heterocycles. The van der Waals surface area contributed by atoms with E-state index in [2.05, 4.69) is 4.98 Å². The Morgan fingerprint density at radius 2 is 1.97 bits per heavy atom. The molecule has 1 fully saturated rings. The smallest absolute Gasteiger partial charge is 0.407 e.